The number of fused-ring (bicyclic) bond motifs is 1. The Bertz CT molecular complexity index is 1010. The van der Waals surface area contributed by atoms with Crippen molar-refractivity contribution in [1.29, 1.82) is 0 Å². The van der Waals surface area contributed by atoms with Crippen molar-refractivity contribution < 1.29 is 22.8 Å². The lowest BCUT2D eigenvalue weighted by molar-refractivity contribution is -0.129. The molecule has 2 saturated heterocycles. The molecule has 164 valence electrons. The van der Waals surface area contributed by atoms with E-state index in [2.05, 4.69) is 0 Å². The molecule has 31 heavy (non-hydrogen) atoms. The number of benzene rings is 2. The Balaban J connectivity index is 1.54. The lowest BCUT2D eigenvalue weighted by Crippen LogP contribution is -2.42. The predicted molar refractivity (Wildman–Crippen MR) is 109 cm³/mol. The van der Waals surface area contributed by atoms with Crippen LogP contribution >= 0.6 is 0 Å². The summed E-state index contributed by atoms with van der Waals surface area (Å²) >= 11 is 0. The van der Waals surface area contributed by atoms with Gasteiger partial charge in [0.15, 0.2) is 11.6 Å². The molecule has 2 aromatic rings. The van der Waals surface area contributed by atoms with Crippen molar-refractivity contribution in [3.05, 3.63) is 71.0 Å². The van der Waals surface area contributed by atoms with Crippen molar-refractivity contribution in [2.75, 3.05) is 33.7 Å². The van der Waals surface area contributed by atoms with Gasteiger partial charge in [0.1, 0.15) is 5.82 Å². The number of halogens is 3. The van der Waals surface area contributed by atoms with Crippen LogP contribution in [-0.4, -0.2) is 60.4 Å². The first kappa shape index (κ1) is 21.2. The Labute approximate surface area is 179 Å². The van der Waals surface area contributed by atoms with Crippen LogP contribution in [0.3, 0.4) is 0 Å². The van der Waals surface area contributed by atoms with E-state index in [-0.39, 0.29) is 42.1 Å². The fraction of sp³-hybridized carbons (Fsp3) is 0.391. The molecule has 0 spiro atoms. The Morgan fingerprint density at radius 3 is 2.45 bits per heavy atom. The summed E-state index contributed by atoms with van der Waals surface area (Å²) in [5.41, 5.74) is 1.12. The Morgan fingerprint density at radius 1 is 1.00 bits per heavy atom. The zero-order valence-electron chi connectivity index (χ0n) is 17.4. The van der Waals surface area contributed by atoms with Crippen LogP contribution in [0.2, 0.25) is 0 Å². The molecule has 0 unspecified atom stereocenters. The van der Waals surface area contributed by atoms with E-state index < -0.39 is 11.6 Å². The van der Waals surface area contributed by atoms with Crippen LogP contribution in [0.5, 0.6) is 0 Å². The van der Waals surface area contributed by atoms with Crippen LogP contribution in [0.25, 0.3) is 0 Å². The highest BCUT2D eigenvalue weighted by Crippen LogP contribution is 2.45. The third-order valence-electron chi connectivity index (χ3n) is 6.17. The van der Waals surface area contributed by atoms with Gasteiger partial charge in [0, 0.05) is 45.6 Å². The molecular formula is C23H24F3N3O2. The first-order valence-corrected chi connectivity index (χ1v) is 10.2. The molecule has 3 amide bonds. The minimum atomic E-state index is -0.979. The van der Waals surface area contributed by atoms with Crippen molar-refractivity contribution in [2.24, 2.45) is 11.8 Å². The van der Waals surface area contributed by atoms with Crippen molar-refractivity contribution in [2.45, 2.75) is 12.5 Å². The predicted octanol–water partition coefficient (Wildman–Crippen LogP) is 3.46. The first-order valence-electron chi connectivity index (χ1n) is 10.2. The van der Waals surface area contributed by atoms with Gasteiger partial charge in [0.2, 0.25) is 5.91 Å². The molecule has 2 heterocycles. The van der Waals surface area contributed by atoms with E-state index in [1.54, 1.807) is 36.0 Å². The zero-order chi connectivity index (χ0) is 22.3. The van der Waals surface area contributed by atoms with Crippen molar-refractivity contribution in [3.63, 3.8) is 0 Å². The third-order valence-corrected chi connectivity index (χ3v) is 6.17. The van der Waals surface area contributed by atoms with Gasteiger partial charge in [-0.2, -0.15) is 0 Å². The molecule has 2 aromatic carbocycles. The quantitative estimate of drug-likeness (QED) is 0.747. The molecule has 0 aliphatic carbocycles. The van der Waals surface area contributed by atoms with Gasteiger partial charge in [-0.05, 0) is 35.4 Å². The van der Waals surface area contributed by atoms with E-state index in [9.17, 15) is 22.8 Å². The van der Waals surface area contributed by atoms with Gasteiger partial charge >= 0.3 is 6.03 Å². The maximum absolute atomic E-state index is 13.9. The van der Waals surface area contributed by atoms with Gasteiger partial charge in [0.25, 0.3) is 0 Å². The summed E-state index contributed by atoms with van der Waals surface area (Å²) < 4.78 is 40.6. The third kappa shape index (κ3) is 4.11. The summed E-state index contributed by atoms with van der Waals surface area (Å²) in [6.07, 6.45) is -0.0262. The summed E-state index contributed by atoms with van der Waals surface area (Å²) in [5.74, 6) is -2.44. The number of hydrogen-bond donors (Lipinski definition) is 0. The van der Waals surface area contributed by atoms with Crippen LogP contribution in [0.4, 0.5) is 18.0 Å². The molecule has 5 nitrogen and oxygen atoms in total. The molecule has 0 radical (unpaired) electrons. The molecule has 0 aromatic heterocycles. The second-order valence-corrected chi connectivity index (χ2v) is 8.48. The summed E-state index contributed by atoms with van der Waals surface area (Å²) in [6, 6.07) is 9.20. The fourth-order valence-electron chi connectivity index (χ4n) is 4.76. The van der Waals surface area contributed by atoms with E-state index in [0.717, 1.165) is 12.1 Å². The molecule has 8 heteroatoms. The van der Waals surface area contributed by atoms with Gasteiger partial charge in [-0.1, -0.05) is 18.2 Å². The van der Waals surface area contributed by atoms with E-state index >= 15 is 0 Å². The number of carbonyl (C=O) groups excluding carboxylic acids is 2. The number of rotatable bonds is 3. The second-order valence-electron chi connectivity index (χ2n) is 8.48. The van der Waals surface area contributed by atoms with Crippen LogP contribution in [0, 0.1) is 29.3 Å². The van der Waals surface area contributed by atoms with E-state index in [0.29, 0.717) is 30.8 Å². The smallest absolute Gasteiger partial charge is 0.320 e. The van der Waals surface area contributed by atoms with Crippen molar-refractivity contribution >= 4 is 11.9 Å². The topological polar surface area (TPSA) is 43.9 Å². The lowest BCUT2D eigenvalue weighted by Gasteiger charge is -2.32. The second kappa shape index (κ2) is 8.24. The Hall–Kier alpha value is -3.03. The minimum absolute atomic E-state index is 0.0262. The number of likely N-dealkylation sites (tertiary alicyclic amines) is 2. The Morgan fingerprint density at radius 2 is 1.77 bits per heavy atom. The number of carbonyl (C=O) groups is 2. The summed E-state index contributed by atoms with van der Waals surface area (Å²) in [6.45, 7) is 1.36. The fourth-order valence-corrected chi connectivity index (χ4v) is 4.76. The number of hydrogen-bond acceptors (Lipinski definition) is 2. The first-order chi connectivity index (χ1) is 14.7. The monoisotopic (exact) mass is 431 g/mol. The standard InChI is InChI=1S/C23H24F3N3O2/c1-27(2)23(31)29-12-16-11-28(21(30)9-14-6-7-19(25)20(26)8-14)13-18(16)22(29)15-4-3-5-17(24)10-15/h3-8,10,16,18,22H,9,11-13H2,1-2H3/t16-,18-,22-/m1/s1. The lowest BCUT2D eigenvalue weighted by atomic mass is 9.89. The highest BCUT2D eigenvalue weighted by molar-refractivity contribution is 5.79. The van der Waals surface area contributed by atoms with Gasteiger partial charge < -0.3 is 14.7 Å². The molecule has 4 rings (SSSR count). The molecule has 2 aliphatic rings. The largest absolute Gasteiger partial charge is 0.342 e. The SMILES string of the molecule is CN(C)C(=O)N1C[C@H]2CN(C(=O)Cc3ccc(F)c(F)c3)C[C@H]2[C@H]1c1cccc(F)c1. The number of urea groups is 1. The molecule has 0 saturated carbocycles. The molecule has 0 bridgehead atoms. The van der Waals surface area contributed by atoms with Gasteiger partial charge in [-0.25, -0.2) is 18.0 Å². The van der Waals surface area contributed by atoms with Crippen LogP contribution < -0.4 is 0 Å². The van der Waals surface area contributed by atoms with Crippen LogP contribution in [0.15, 0.2) is 42.5 Å². The van der Waals surface area contributed by atoms with Gasteiger partial charge in [0.05, 0.1) is 12.5 Å². The minimum Gasteiger partial charge on any atom is -0.342 e. The average molecular weight is 431 g/mol. The highest BCUT2D eigenvalue weighted by Gasteiger charge is 2.50. The van der Waals surface area contributed by atoms with Crippen molar-refractivity contribution in [1.82, 2.24) is 14.7 Å². The van der Waals surface area contributed by atoms with Gasteiger partial charge in [-0.15, -0.1) is 0 Å². The number of nitrogens with zero attached hydrogens (tertiary/aromatic N) is 3. The molecule has 2 aliphatic heterocycles. The molecule has 3 atom stereocenters. The van der Waals surface area contributed by atoms with Crippen LogP contribution in [0.1, 0.15) is 17.2 Å². The highest BCUT2D eigenvalue weighted by atomic mass is 19.2. The van der Waals surface area contributed by atoms with E-state index in [4.69, 9.17) is 0 Å². The average Bonchev–Trinajstić information content (AvgIpc) is 3.28. The number of amides is 3. The molecule has 2 fully saturated rings. The van der Waals surface area contributed by atoms with Crippen molar-refractivity contribution in [3.8, 4) is 0 Å². The van der Waals surface area contributed by atoms with E-state index in [1.807, 2.05) is 0 Å². The summed E-state index contributed by atoms with van der Waals surface area (Å²) in [7, 11) is 3.35. The normalized spacial score (nSPS) is 22.5. The molecule has 0 N–H and O–H groups in total. The van der Waals surface area contributed by atoms with Crippen LogP contribution in [-0.2, 0) is 11.2 Å². The maximum atomic E-state index is 13.9. The van der Waals surface area contributed by atoms with E-state index in [1.165, 1.54) is 23.1 Å². The summed E-state index contributed by atoms with van der Waals surface area (Å²) in [5, 5.41) is 0. The maximum Gasteiger partial charge on any atom is 0.320 e. The summed E-state index contributed by atoms with van der Waals surface area (Å²) in [4.78, 5) is 30.6. The molecular weight excluding hydrogens is 407 g/mol. The van der Waals surface area contributed by atoms with Gasteiger partial charge in [-0.3, -0.25) is 4.79 Å². The Kier molecular flexibility index (Phi) is 5.64. The zero-order valence-corrected chi connectivity index (χ0v) is 17.4.